The summed E-state index contributed by atoms with van der Waals surface area (Å²) in [7, 11) is 1.48. The molecule has 0 aliphatic carbocycles. The lowest BCUT2D eigenvalue weighted by Crippen LogP contribution is -2.03. The summed E-state index contributed by atoms with van der Waals surface area (Å²) in [5.41, 5.74) is 0.794. The van der Waals surface area contributed by atoms with Crippen molar-refractivity contribution in [1.29, 1.82) is 0 Å². The van der Waals surface area contributed by atoms with Gasteiger partial charge in [0.05, 0.1) is 7.11 Å². The molecule has 0 fully saturated rings. The molecule has 2 rings (SSSR count). The summed E-state index contributed by atoms with van der Waals surface area (Å²) in [6, 6.07) is 8.75. The second-order valence-corrected chi connectivity index (χ2v) is 4.86. The maximum atomic E-state index is 13.3. The van der Waals surface area contributed by atoms with Gasteiger partial charge in [-0.2, -0.15) is 0 Å². The first-order valence-corrected chi connectivity index (χ1v) is 6.24. The molecule has 0 saturated carbocycles. The number of aliphatic hydroxyl groups excluding tert-OH is 1. The van der Waals surface area contributed by atoms with E-state index in [0.29, 0.717) is 21.9 Å². The number of hydrogen-bond acceptors (Lipinski definition) is 2. The summed E-state index contributed by atoms with van der Waals surface area (Å²) in [6.07, 6.45) is -1.07. The lowest BCUT2D eigenvalue weighted by Gasteiger charge is -2.16. The highest BCUT2D eigenvalue weighted by atomic mass is 35.5. The molecule has 0 amide bonds. The Morgan fingerprint density at radius 1 is 1.11 bits per heavy atom. The number of ether oxygens (including phenoxy) is 1. The van der Waals surface area contributed by atoms with Gasteiger partial charge in [-0.1, -0.05) is 23.2 Å². The molecule has 2 aromatic carbocycles. The van der Waals surface area contributed by atoms with E-state index in [-0.39, 0.29) is 5.02 Å². The Labute approximate surface area is 120 Å². The van der Waals surface area contributed by atoms with Crippen LogP contribution in [0.15, 0.2) is 36.4 Å². The number of aliphatic hydroxyl groups is 1. The predicted molar refractivity (Wildman–Crippen MR) is 73.5 cm³/mol. The second kappa shape index (κ2) is 5.78. The summed E-state index contributed by atoms with van der Waals surface area (Å²) in [5, 5.41) is 11.0. The van der Waals surface area contributed by atoms with Crippen LogP contribution in [0.5, 0.6) is 5.75 Å². The fraction of sp³-hybridized carbons (Fsp3) is 0.143. The lowest BCUT2D eigenvalue weighted by molar-refractivity contribution is 0.214. The molecular weight excluding hydrogens is 290 g/mol. The zero-order valence-corrected chi connectivity index (χ0v) is 11.5. The number of benzene rings is 2. The second-order valence-electron chi connectivity index (χ2n) is 3.99. The van der Waals surface area contributed by atoms with E-state index < -0.39 is 11.9 Å². The van der Waals surface area contributed by atoms with Crippen LogP contribution in [0.3, 0.4) is 0 Å². The number of hydrogen-bond donors (Lipinski definition) is 1. The van der Waals surface area contributed by atoms with Crippen molar-refractivity contribution in [3.8, 4) is 5.75 Å². The van der Waals surface area contributed by atoms with E-state index in [2.05, 4.69) is 0 Å². The highest BCUT2D eigenvalue weighted by molar-refractivity contribution is 6.31. The van der Waals surface area contributed by atoms with Gasteiger partial charge in [-0.25, -0.2) is 4.39 Å². The standard InChI is InChI=1S/C14H11Cl2FO2/c1-19-13-3-2-9(15)7-12(13)14(18)8-4-10(16)6-11(17)5-8/h2-7,14,18H,1H3. The minimum absolute atomic E-state index is 0.218. The Hall–Kier alpha value is -1.29. The fourth-order valence-corrected chi connectivity index (χ4v) is 2.24. The maximum absolute atomic E-state index is 13.3. The van der Waals surface area contributed by atoms with Gasteiger partial charge >= 0.3 is 0 Å². The average molecular weight is 301 g/mol. The van der Waals surface area contributed by atoms with Crippen molar-refractivity contribution in [2.45, 2.75) is 6.10 Å². The molecule has 5 heteroatoms. The molecule has 0 radical (unpaired) electrons. The molecule has 0 bridgehead atoms. The van der Waals surface area contributed by atoms with Gasteiger partial charge in [-0.05, 0) is 42.0 Å². The molecule has 0 saturated heterocycles. The monoisotopic (exact) mass is 300 g/mol. The van der Waals surface area contributed by atoms with Gasteiger partial charge < -0.3 is 9.84 Å². The highest BCUT2D eigenvalue weighted by Gasteiger charge is 2.17. The Balaban J connectivity index is 2.48. The predicted octanol–water partition coefficient (Wildman–Crippen LogP) is 4.22. The molecule has 1 N–H and O–H groups in total. The van der Waals surface area contributed by atoms with Crippen LogP contribution in [0, 0.1) is 5.82 Å². The van der Waals surface area contributed by atoms with Crippen molar-refractivity contribution < 1.29 is 14.2 Å². The van der Waals surface area contributed by atoms with Gasteiger partial charge in [0.15, 0.2) is 0 Å². The van der Waals surface area contributed by atoms with Crippen molar-refractivity contribution in [1.82, 2.24) is 0 Å². The lowest BCUT2D eigenvalue weighted by atomic mass is 10.0. The minimum atomic E-state index is -1.07. The van der Waals surface area contributed by atoms with Gasteiger partial charge in [0, 0.05) is 15.6 Å². The normalized spacial score (nSPS) is 12.3. The van der Waals surface area contributed by atoms with Crippen LogP contribution < -0.4 is 4.74 Å². The van der Waals surface area contributed by atoms with Gasteiger partial charge in [0.2, 0.25) is 0 Å². The average Bonchev–Trinajstić information content (AvgIpc) is 2.36. The van der Waals surface area contributed by atoms with Gasteiger partial charge in [0.1, 0.15) is 17.7 Å². The maximum Gasteiger partial charge on any atom is 0.125 e. The fourth-order valence-electron chi connectivity index (χ4n) is 1.83. The molecule has 0 heterocycles. The first kappa shape index (κ1) is 14.1. The molecule has 0 aliphatic heterocycles. The summed E-state index contributed by atoms with van der Waals surface area (Å²) in [5.74, 6) is -0.0418. The number of halogens is 3. The minimum Gasteiger partial charge on any atom is -0.496 e. The van der Waals surface area contributed by atoms with Crippen LogP contribution in [0.4, 0.5) is 4.39 Å². The smallest absolute Gasteiger partial charge is 0.125 e. The van der Waals surface area contributed by atoms with Crippen LogP contribution in [-0.2, 0) is 0 Å². The van der Waals surface area contributed by atoms with Crippen LogP contribution >= 0.6 is 23.2 Å². The van der Waals surface area contributed by atoms with E-state index in [1.54, 1.807) is 18.2 Å². The summed E-state index contributed by atoms with van der Waals surface area (Å²) in [4.78, 5) is 0. The van der Waals surface area contributed by atoms with E-state index in [0.717, 1.165) is 0 Å². The van der Waals surface area contributed by atoms with E-state index in [4.69, 9.17) is 27.9 Å². The number of rotatable bonds is 3. The van der Waals surface area contributed by atoms with Crippen molar-refractivity contribution in [3.63, 3.8) is 0 Å². The SMILES string of the molecule is COc1ccc(Cl)cc1C(O)c1cc(F)cc(Cl)c1. The zero-order chi connectivity index (χ0) is 14.0. The summed E-state index contributed by atoms with van der Waals surface area (Å²) < 4.78 is 18.5. The molecule has 2 aromatic rings. The third-order valence-electron chi connectivity index (χ3n) is 2.69. The molecule has 0 spiro atoms. The summed E-state index contributed by atoms with van der Waals surface area (Å²) in [6.45, 7) is 0. The first-order valence-electron chi connectivity index (χ1n) is 5.48. The Morgan fingerprint density at radius 2 is 1.84 bits per heavy atom. The first-order chi connectivity index (χ1) is 9.01. The van der Waals surface area contributed by atoms with Crippen molar-refractivity contribution >= 4 is 23.2 Å². The van der Waals surface area contributed by atoms with E-state index in [1.165, 1.54) is 25.3 Å². The van der Waals surface area contributed by atoms with Crippen LogP contribution in [-0.4, -0.2) is 12.2 Å². The Bertz CT molecular complexity index is 582. The molecule has 1 atom stereocenters. The highest BCUT2D eigenvalue weighted by Crippen LogP contribution is 2.33. The van der Waals surface area contributed by atoms with Crippen molar-refractivity contribution in [3.05, 3.63) is 63.4 Å². The molecule has 19 heavy (non-hydrogen) atoms. The van der Waals surface area contributed by atoms with Gasteiger partial charge in [0.25, 0.3) is 0 Å². The molecule has 1 unspecified atom stereocenters. The topological polar surface area (TPSA) is 29.5 Å². The molecule has 2 nitrogen and oxygen atoms in total. The quantitative estimate of drug-likeness (QED) is 0.919. The van der Waals surface area contributed by atoms with Gasteiger partial charge in [-0.15, -0.1) is 0 Å². The third kappa shape index (κ3) is 3.18. The van der Waals surface area contributed by atoms with E-state index in [9.17, 15) is 9.50 Å². The zero-order valence-electron chi connectivity index (χ0n) is 10.0. The summed E-state index contributed by atoms with van der Waals surface area (Å²) >= 11 is 11.7. The largest absolute Gasteiger partial charge is 0.496 e. The van der Waals surface area contributed by atoms with Crippen molar-refractivity contribution in [2.75, 3.05) is 7.11 Å². The number of methoxy groups -OCH3 is 1. The van der Waals surface area contributed by atoms with E-state index in [1.807, 2.05) is 0 Å². The Morgan fingerprint density at radius 3 is 2.47 bits per heavy atom. The van der Waals surface area contributed by atoms with Crippen LogP contribution in [0.25, 0.3) is 0 Å². The van der Waals surface area contributed by atoms with E-state index >= 15 is 0 Å². The molecule has 100 valence electrons. The Kier molecular flexibility index (Phi) is 4.30. The molecule has 0 aromatic heterocycles. The van der Waals surface area contributed by atoms with Crippen LogP contribution in [0.1, 0.15) is 17.2 Å². The van der Waals surface area contributed by atoms with Crippen molar-refractivity contribution in [2.24, 2.45) is 0 Å². The van der Waals surface area contributed by atoms with Gasteiger partial charge in [-0.3, -0.25) is 0 Å². The molecule has 0 aliphatic rings. The molecular formula is C14H11Cl2FO2. The van der Waals surface area contributed by atoms with Crippen LogP contribution in [0.2, 0.25) is 10.0 Å². The third-order valence-corrected chi connectivity index (χ3v) is 3.14.